The molecule has 15 heavy (non-hydrogen) atoms. The van der Waals surface area contributed by atoms with Crippen LogP contribution < -0.4 is 0 Å². The minimum absolute atomic E-state index is 0.108. The first kappa shape index (κ1) is 14.5. The minimum Gasteiger partial charge on any atom is -0.228 e. The zero-order chi connectivity index (χ0) is 11.6. The molecule has 0 bridgehead atoms. The maximum absolute atomic E-state index is 11.2. The molecule has 0 aliphatic carbocycles. The van der Waals surface area contributed by atoms with Crippen LogP contribution in [-0.2, 0) is 9.84 Å². The maximum atomic E-state index is 11.2. The molecule has 0 spiro atoms. The Morgan fingerprint density at radius 3 is 2.07 bits per heavy atom. The van der Waals surface area contributed by atoms with Crippen molar-refractivity contribution < 1.29 is 8.42 Å². The number of hydrogen-bond acceptors (Lipinski definition) is 2. The van der Waals surface area contributed by atoms with Gasteiger partial charge < -0.3 is 0 Å². The normalized spacial score (nSPS) is 11.2. The predicted molar refractivity (Wildman–Crippen MR) is 65.5 cm³/mol. The van der Waals surface area contributed by atoms with Crippen molar-refractivity contribution in [3.63, 3.8) is 0 Å². The third kappa shape index (κ3) is 9.81. The Labute approximate surface area is 94.4 Å². The van der Waals surface area contributed by atoms with Gasteiger partial charge in [-0.3, -0.25) is 0 Å². The standard InChI is InChI=1S/C12H22O2S/c1-3-5-6-7-8-9-10-12-15(13,14)11-4-2/h2H,3,5-12H2,1H3. The van der Waals surface area contributed by atoms with Crippen LogP contribution in [0.5, 0.6) is 0 Å². The van der Waals surface area contributed by atoms with Gasteiger partial charge in [0.15, 0.2) is 9.84 Å². The molecule has 0 atom stereocenters. The highest BCUT2D eigenvalue weighted by atomic mass is 32.2. The Morgan fingerprint density at radius 2 is 1.53 bits per heavy atom. The summed E-state index contributed by atoms with van der Waals surface area (Å²) in [6.45, 7) is 2.19. The fourth-order valence-electron chi connectivity index (χ4n) is 1.48. The van der Waals surface area contributed by atoms with E-state index in [1.165, 1.54) is 25.7 Å². The van der Waals surface area contributed by atoms with Gasteiger partial charge in [-0.2, -0.15) is 0 Å². The molecule has 0 amide bonds. The third-order valence-electron chi connectivity index (χ3n) is 2.36. The number of sulfone groups is 1. The van der Waals surface area contributed by atoms with Crippen LogP contribution in [-0.4, -0.2) is 19.9 Å². The molecule has 0 aromatic rings. The van der Waals surface area contributed by atoms with E-state index in [4.69, 9.17) is 6.42 Å². The summed E-state index contributed by atoms with van der Waals surface area (Å²) >= 11 is 0. The number of terminal acetylenes is 1. The molecule has 3 heteroatoms. The summed E-state index contributed by atoms with van der Waals surface area (Å²) in [5.74, 6) is 2.34. The van der Waals surface area contributed by atoms with Gasteiger partial charge in [-0.1, -0.05) is 51.4 Å². The minimum atomic E-state index is -2.97. The van der Waals surface area contributed by atoms with Crippen LogP contribution >= 0.6 is 0 Å². The lowest BCUT2D eigenvalue weighted by molar-refractivity contribution is 0.581. The van der Waals surface area contributed by atoms with Crippen LogP contribution in [0.15, 0.2) is 0 Å². The summed E-state index contributed by atoms with van der Waals surface area (Å²) in [6, 6.07) is 0. The van der Waals surface area contributed by atoms with Gasteiger partial charge in [0.1, 0.15) is 5.75 Å². The second kappa shape index (κ2) is 8.79. The molecule has 0 saturated carbocycles. The van der Waals surface area contributed by atoms with Gasteiger partial charge >= 0.3 is 0 Å². The molecule has 0 unspecified atom stereocenters. The Hall–Kier alpha value is -0.490. The maximum Gasteiger partial charge on any atom is 0.161 e. The van der Waals surface area contributed by atoms with Crippen molar-refractivity contribution in [3.8, 4) is 12.3 Å². The summed E-state index contributed by atoms with van der Waals surface area (Å²) in [5.41, 5.74) is 0. The van der Waals surface area contributed by atoms with E-state index < -0.39 is 9.84 Å². The summed E-state index contributed by atoms with van der Waals surface area (Å²) in [6.07, 6.45) is 12.9. The highest BCUT2D eigenvalue weighted by molar-refractivity contribution is 7.91. The quantitative estimate of drug-likeness (QED) is 0.451. The SMILES string of the molecule is C#CCS(=O)(=O)CCCCCCCCC. The van der Waals surface area contributed by atoms with E-state index in [9.17, 15) is 8.42 Å². The van der Waals surface area contributed by atoms with Crippen molar-refractivity contribution in [1.82, 2.24) is 0 Å². The number of rotatable bonds is 9. The molecule has 0 saturated heterocycles. The summed E-state index contributed by atoms with van der Waals surface area (Å²) in [4.78, 5) is 0. The van der Waals surface area contributed by atoms with Crippen molar-refractivity contribution in [2.45, 2.75) is 51.9 Å². The Morgan fingerprint density at radius 1 is 1.00 bits per heavy atom. The van der Waals surface area contributed by atoms with Crippen molar-refractivity contribution in [2.75, 3.05) is 11.5 Å². The molecule has 0 heterocycles. The first-order chi connectivity index (χ1) is 7.12. The monoisotopic (exact) mass is 230 g/mol. The molecule has 0 aromatic carbocycles. The van der Waals surface area contributed by atoms with E-state index in [0.717, 1.165) is 19.3 Å². The highest BCUT2D eigenvalue weighted by Gasteiger charge is 2.07. The lowest BCUT2D eigenvalue weighted by Gasteiger charge is -2.01. The molecule has 0 radical (unpaired) electrons. The molecule has 0 aromatic heterocycles. The van der Waals surface area contributed by atoms with Crippen molar-refractivity contribution in [3.05, 3.63) is 0 Å². The topological polar surface area (TPSA) is 34.1 Å². The fourth-order valence-corrected chi connectivity index (χ4v) is 2.52. The highest BCUT2D eigenvalue weighted by Crippen LogP contribution is 2.07. The summed E-state index contributed by atoms with van der Waals surface area (Å²) < 4.78 is 22.4. The predicted octanol–water partition coefficient (Wildman–Crippen LogP) is 2.79. The van der Waals surface area contributed by atoms with E-state index in [-0.39, 0.29) is 11.5 Å². The van der Waals surface area contributed by atoms with E-state index in [1.807, 2.05) is 0 Å². The molecular formula is C12H22O2S. The van der Waals surface area contributed by atoms with Gasteiger partial charge in [-0.15, -0.1) is 6.42 Å². The molecule has 0 fully saturated rings. The molecule has 2 nitrogen and oxygen atoms in total. The third-order valence-corrected chi connectivity index (χ3v) is 3.88. The van der Waals surface area contributed by atoms with E-state index >= 15 is 0 Å². The van der Waals surface area contributed by atoms with Gasteiger partial charge in [0.05, 0.1) is 5.75 Å². The molecule has 0 N–H and O–H groups in total. The van der Waals surface area contributed by atoms with Crippen LogP contribution in [0.3, 0.4) is 0 Å². The van der Waals surface area contributed by atoms with Crippen LogP contribution in [0, 0.1) is 12.3 Å². The summed E-state index contributed by atoms with van der Waals surface area (Å²) in [5, 5.41) is 0. The van der Waals surface area contributed by atoms with Crippen LogP contribution in [0.2, 0.25) is 0 Å². The second-order valence-corrected chi connectivity index (χ2v) is 6.10. The van der Waals surface area contributed by atoms with Crippen molar-refractivity contribution >= 4 is 9.84 Å². The van der Waals surface area contributed by atoms with E-state index in [2.05, 4.69) is 12.8 Å². The molecule has 0 aliphatic rings. The summed E-state index contributed by atoms with van der Waals surface area (Å²) in [7, 11) is -2.97. The number of hydrogen-bond donors (Lipinski definition) is 0. The van der Waals surface area contributed by atoms with Crippen LogP contribution in [0.4, 0.5) is 0 Å². The fraction of sp³-hybridized carbons (Fsp3) is 0.833. The Kier molecular flexibility index (Phi) is 8.50. The van der Waals surface area contributed by atoms with Crippen molar-refractivity contribution in [1.29, 1.82) is 0 Å². The molecular weight excluding hydrogens is 208 g/mol. The zero-order valence-electron chi connectivity index (χ0n) is 9.67. The smallest absolute Gasteiger partial charge is 0.161 e. The van der Waals surface area contributed by atoms with Crippen molar-refractivity contribution in [2.24, 2.45) is 0 Å². The Bertz CT molecular complexity index is 272. The lowest BCUT2D eigenvalue weighted by atomic mass is 10.1. The van der Waals surface area contributed by atoms with E-state index in [1.54, 1.807) is 0 Å². The molecule has 88 valence electrons. The first-order valence-corrected chi connectivity index (χ1v) is 7.58. The first-order valence-electron chi connectivity index (χ1n) is 5.76. The average molecular weight is 230 g/mol. The van der Waals surface area contributed by atoms with Gasteiger partial charge in [-0.05, 0) is 6.42 Å². The van der Waals surface area contributed by atoms with Gasteiger partial charge in [-0.25, -0.2) is 8.42 Å². The Balaban J connectivity index is 3.36. The lowest BCUT2D eigenvalue weighted by Crippen LogP contribution is -2.09. The second-order valence-electron chi connectivity index (χ2n) is 3.92. The van der Waals surface area contributed by atoms with Crippen LogP contribution in [0.1, 0.15) is 51.9 Å². The average Bonchev–Trinajstić information content (AvgIpc) is 2.16. The van der Waals surface area contributed by atoms with E-state index in [0.29, 0.717) is 0 Å². The van der Waals surface area contributed by atoms with Gasteiger partial charge in [0, 0.05) is 0 Å². The zero-order valence-corrected chi connectivity index (χ0v) is 10.5. The van der Waals surface area contributed by atoms with Crippen LogP contribution in [0.25, 0.3) is 0 Å². The molecule has 0 rings (SSSR count). The molecule has 0 aliphatic heterocycles. The number of unbranched alkanes of at least 4 members (excludes halogenated alkanes) is 6. The van der Waals surface area contributed by atoms with Gasteiger partial charge in [0.25, 0.3) is 0 Å². The van der Waals surface area contributed by atoms with Gasteiger partial charge in [0.2, 0.25) is 0 Å². The largest absolute Gasteiger partial charge is 0.228 e.